The number of fused-ring (bicyclic) bond motifs is 2. The molecule has 4 bridgehead atoms. The number of para-hydroxylation sites is 2. The molecule has 0 amide bonds. The normalized spacial score (nSPS) is 33.6. The van der Waals surface area contributed by atoms with E-state index in [2.05, 4.69) is 199 Å². The van der Waals surface area contributed by atoms with Crippen molar-refractivity contribution in [2.45, 2.75) is 89.3 Å². The lowest BCUT2D eigenvalue weighted by molar-refractivity contribution is -0.963. The average molecular weight is 819 g/mol. The van der Waals surface area contributed by atoms with Crippen LogP contribution in [-0.2, 0) is 5.41 Å². The Morgan fingerprint density at radius 2 is 1.49 bits per heavy atom. The Bertz CT molecular complexity index is 2500. The number of nitrogens with one attached hydrogen (secondary N) is 1. The SMILES string of the molecule is CC1CC=CC=C1[Si](C1=CC=CCC1)(c1ccccc1)c1cccc(C2NC(C3(C)C=CC=CC3)[NH2+]C(N3c4ccccc4C4(c5ccccc53)C3CC5CC(C3)C4C5)[NH2+]2)c1. The van der Waals surface area contributed by atoms with Crippen molar-refractivity contribution < 1.29 is 10.6 Å². The van der Waals surface area contributed by atoms with Crippen LogP contribution in [0.3, 0.4) is 0 Å². The number of quaternary nitrogens is 2. The molecule has 1 spiro atoms. The minimum atomic E-state index is -2.60. The van der Waals surface area contributed by atoms with Gasteiger partial charge in [-0.05, 0) is 122 Å². The second-order valence-electron chi connectivity index (χ2n) is 20.2. The maximum atomic E-state index is 4.32. The second kappa shape index (κ2) is 14.7. The van der Waals surface area contributed by atoms with Gasteiger partial charge in [-0.25, -0.2) is 10.2 Å². The molecule has 10 atom stereocenters. The van der Waals surface area contributed by atoms with Crippen LogP contribution in [0.25, 0.3) is 0 Å². The lowest BCUT2D eigenvalue weighted by Gasteiger charge is -2.53. The Labute approximate surface area is 364 Å². The van der Waals surface area contributed by atoms with Crippen molar-refractivity contribution >= 4 is 29.8 Å². The fourth-order valence-corrected chi connectivity index (χ4v) is 20.3. The van der Waals surface area contributed by atoms with Crippen molar-refractivity contribution in [2.75, 3.05) is 4.90 Å². The third kappa shape index (κ3) is 5.66. The summed E-state index contributed by atoms with van der Waals surface area (Å²) in [4.78, 5) is 2.77. The van der Waals surface area contributed by atoms with E-state index in [1.165, 1.54) is 53.0 Å². The van der Waals surface area contributed by atoms with Crippen molar-refractivity contribution in [1.82, 2.24) is 5.32 Å². The van der Waals surface area contributed by atoms with E-state index in [1.54, 1.807) is 21.5 Å². The van der Waals surface area contributed by atoms with Gasteiger partial charge in [-0.3, -0.25) is 10.6 Å². The molecule has 5 heteroatoms. The number of nitrogens with zero attached hydrogens (tertiary/aromatic N) is 1. The Balaban J connectivity index is 1.01. The molecule has 7 aliphatic carbocycles. The van der Waals surface area contributed by atoms with E-state index in [1.807, 2.05) is 0 Å². The summed E-state index contributed by atoms with van der Waals surface area (Å²) in [6.07, 6.45) is 34.1. The van der Waals surface area contributed by atoms with Gasteiger partial charge < -0.3 is 0 Å². The molecular weight excluding hydrogens is 757 g/mol. The molecule has 4 saturated carbocycles. The van der Waals surface area contributed by atoms with Crippen LogP contribution in [0.2, 0.25) is 0 Å². The smallest absolute Gasteiger partial charge is 0.262 e. The predicted octanol–water partition coefficient (Wildman–Crippen LogP) is 8.49. The maximum absolute atomic E-state index is 4.32. The summed E-state index contributed by atoms with van der Waals surface area (Å²) in [5.41, 5.74) is 7.53. The van der Waals surface area contributed by atoms with Gasteiger partial charge in [0, 0.05) is 11.0 Å². The zero-order valence-electron chi connectivity index (χ0n) is 36.0. The number of benzene rings is 4. The highest BCUT2D eigenvalue weighted by molar-refractivity contribution is 7.12. The summed E-state index contributed by atoms with van der Waals surface area (Å²) in [6, 6.07) is 40.9. The highest BCUT2D eigenvalue weighted by Gasteiger charge is 2.66. The monoisotopic (exact) mass is 818 g/mol. The summed E-state index contributed by atoms with van der Waals surface area (Å²) >= 11 is 0. The summed E-state index contributed by atoms with van der Waals surface area (Å²) in [7, 11) is -2.60. The molecule has 2 aliphatic heterocycles. The molecule has 10 unspecified atom stereocenters. The minimum absolute atomic E-state index is 0.0485. The zero-order chi connectivity index (χ0) is 40.8. The molecule has 61 heavy (non-hydrogen) atoms. The van der Waals surface area contributed by atoms with Crippen LogP contribution in [0.5, 0.6) is 0 Å². The molecule has 4 aromatic rings. The Morgan fingerprint density at radius 1 is 0.721 bits per heavy atom. The van der Waals surface area contributed by atoms with Crippen LogP contribution >= 0.6 is 0 Å². The highest BCUT2D eigenvalue weighted by atomic mass is 28.3. The van der Waals surface area contributed by atoms with E-state index in [0.717, 1.165) is 49.4 Å². The van der Waals surface area contributed by atoms with Gasteiger partial charge in [0.25, 0.3) is 0 Å². The topological polar surface area (TPSA) is 48.5 Å². The van der Waals surface area contributed by atoms with Gasteiger partial charge in [0.2, 0.25) is 0 Å². The number of hydrogen-bond acceptors (Lipinski definition) is 2. The first kappa shape index (κ1) is 37.9. The van der Waals surface area contributed by atoms with Crippen molar-refractivity contribution in [3.05, 3.63) is 191 Å². The molecule has 5 fully saturated rings. The van der Waals surface area contributed by atoms with E-state index in [-0.39, 0.29) is 29.5 Å². The first-order valence-electron chi connectivity index (χ1n) is 23.7. The van der Waals surface area contributed by atoms with Crippen molar-refractivity contribution in [3.8, 4) is 0 Å². The fourth-order valence-electron chi connectivity index (χ4n) is 14.7. The summed E-state index contributed by atoms with van der Waals surface area (Å²) in [6.45, 7) is 4.94. The van der Waals surface area contributed by atoms with Gasteiger partial charge >= 0.3 is 6.29 Å². The number of allylic oxidation sites excluding steroid dienone is 11. The molecule has 9 aliphatic rings. The molecular formula is C56H62N4Si+2. The molecule has 0 radical (unpaired) electrons. The first-order chi connectivity index (χ1) is 30.0. The van der Waals surface area contributed by atoms with Crippen LogP contribution in [0.4, 0.5) is 11.4 Å². The molecule has 1 saturated heterocycles. The summed E-state index contributed by atoms with van der Waals surface area (Å²) in [5, 5.41) is 15.9. The third-order valence-electron chi connectivity index (χ3n) is 17.1. The molecule has 4 nitrogen and oxygen atoms in total. The van der Waals surface area contributed by atoms with Gasteiger partial charge in [0.05, 0.1) is 16.8 Å². The van der Waals surface area contributed by atoms with E-state index < -0.39 is 8.07 Å². The highest BCUT2D eigenvalue weighted by Crippen LogP contribution is 2.72. The number of anilines is 2. The van der Waals surface area contributed by atoms with E-state index in [0.29, 0.717) is 5.92 Å². The summed E-state index contributed by atoms with van der Waals surface area (Å²) in [5.74, 6) is 3.78. The molecule has 308 valence electrons. The summed E-state index contributed by atoms with van der Waals surface area (Å²) < 4.78 is 0. The standard InChI is InChI=1S/C56H60N4Si/c1-38-19-10-15-30-51(38)61(43-21-6-3-7-22-43,44-23-8-4-9-24-44)45-25-18-20-40(37-45)52-57-53(55(2)31-16-5-17-32-55)59-54(58-52)60-49-28-13-11-26-46(49)56(47-27-12-14-29-50(47)60)42-34-39-33-41(36-42)48(56)35-39/h3-8,10-18,20-23,25-31,37-39,41-42,48,52-54,57-59H,9,19,24,32-36H2,1-2H3/p+2. The van der Waals surface area contributed by atoms with Crippen molar-refractivity contribution in [3.63, 3.8) is 0 Å². The largest absolute Gasteiger partial charge is 0.300 e. The minimum Gasteiger partial charge on any atom is -0.262 e. The van der Waals surface area contributed by atoms with E-state index in [9.17, 15) is 0 Å². The van der Waals surface area contributed by atoms with Gasteiger partial charge in [-0.2, -0.15) is 0 Å². The van der Waals surface area contributed by atoms with E-state index in [4.69, 9.17) is 0 Å². The fraction of sp³-hybridized carbons (Fsp3) is 0.357. The molecule has 5 N–H and O–H groups in total. The molecule has 4 aromatic carbocycles. The van der Waals surface area contributed by atoms with Gasteiger partial charge in [0.15, 0.2) is 20.4 Å². The van der Waals surface area contributed by atoms with Gasteiger partial charge in [-0.1, -0.05) is 169 Å². The van der Waals surface area contributed by atoms with Gasteiger partial charge in [0.1, 0.15) is 0 Å². The molecule has 2 heterocycles. The molecule has 13 rings (SSSR count). The lowest BCUT2D eigenvalue weighted by Crippen LogP contribution is -3.23. The zero-order valence-corrected chi connectivity index (χ0v) is 37.0. The lowest BCUT2D eigenvalue weighted by atomic mass is 9.56. The van der Waals surface area contributed by atoms with Gasteiger partial charge in [-0.15, -0.1) is 0 Å². The number of rotatable bonds is 7. The Hall–Kier alpha value is -4.78. The van der Waals surface area contributed by atoms with Crippen LogP contribution in [0.15, 0.2) is 174 Å². The Kier molecular flexibility index (Phi) is 9.12. The Morgan fingerprint density at radius 3 is 2.23 bits per heavy atom. The maximum Gasteiger partial charge on any atom is 0.300 e. The average Bonchev–Trinajstić information content (AvgIpc) is 3.72. The third-order valence-corrected chi connectivity index (χ3v) is 22.4. The van der Waals surface area contributed by atoms with Crippen molar-refractivity contribution in [1.29, 1.82) is 0 Å². The second-order valence-corrected chi connectivity index (χ2v) is 24.1. The van der Waals surface area contributed by atoms with E-state index >= 15 is 0 Å². The first-order valence-corrected chi connectivity index (χ1v) is 25.7. The van der Waals surface area contributed by atoms with Crippen LogP contribution in [-0.4, -0.2) is 20.5 Å². The quantitative estimate of drug-likeness (QED) is 0.164. The number of nitrogens with two attached hydrogens (primary N) is 2. The van der Waals surface area contributed by atoms with Crippen LogP contribution in [0, 0.1) is 35.0 Å². The van der Waals surface area contributed by atoms with Crippen molar-refractivity contribution in [2.24, 2.45) is 35.0 Å². The number of hydrogen-bond donors (Lipinski definition) is 3. The van der Waals surface area contributed by atoms with Crippen LogP contribution in [0.1, 0.15) is 88.1 Å². The molecule has 0 aromatic heterocycles. The predicted molar refractivity (Wildman–Crippen MR) is 252 cm³/mol. The van der Waals surface area contributed by atoms with Crippen LogP contribution < -0.4 is 31.2 Å².